The van der Waals surface area contributed by atoms with Crippen molar-refractivity contribution < 1.29 is 35.9 Å². The molecule has 0 unspecified atom stereocenters. The van der Waals surface area contributed by atoms with E-state index in [1.165, 1.54) is 0 Å². The molecule has 2 amide bonds. The fourth-order valence-corrected chi connectivity index (χ4v) is 2.22. The summed E-state index contributed by atoms with van der Waals surface area (Å²) in [6.07, 6.45) is -0.517. The molecule has 0 aromatic heterocycles. The summed E-state index contributed by atoms with van der Waals surface area (Å²) in [5.41, 5.74) is -1.22. The predicted octanol–water partition coefficient (Wildman–Crippen LogP) is 3.90. The molecule has 0 radical (unpaired) electrons. The maximum atomic E-state index is 13.8. The van der Waals surface area contributed by atoms with Crippen molar-refractivity contribution in [2.45, 2.75) is 13.3 Å². The average molecular weight is 390 g/mol. The molecule has 0 atom stereocenters. The third-order valence-corrected chi connectivity index (χ3v) is 3.56. The molecule has 2 aromatic carbocycles. The highest BCUT2D eigenvalue weighted by atomic mass is 19.2. The van der Waals surface area contributed by atoms with Gasteiger partial charge in [-0.1, -0.05) is 0 Å². The molecule has 0 saturated carbocycles. The molecule has 0 aliphatic rings. The Kier molecular flexibility index (Phi) is 6.09. The van der Waals surface area contributed by atoms with Gasteiger partial charge in [0.1, 0.15) is 0 Å². The summed E-state index contributed by atoms with van der Waals surface area (Å²) in [6.45, 7) is 0.544. The number of halogens is 6. The molecular formula is C17H12F6N2O2. The number of nitrogens with zero attached hydrogens (tertiary/aromatic N) is 1. The quantitative estimate of drug-likeness (QED) is 0.622. The zero-order valence-corrected chi connectivity index (χ0v) is 13.8. The first-order chi connectivity index (χ1) is 12.6. The number of carbonyl (C=O) groups is 2. The molecule has 27 heavy (non-hydrogen) atoms. The Morgan fingerprint density at radius 1 is 0.852 bits per heavy atom. The Morgan fingerprint density at radius 3 is 2.00 bits per heavy atom. The SMILES string of the molecule is CC(=O)N(CCC(=O)Nc1ccc(F)c(F)c1F)c1ccc(F)c(F)c1F. The van der Waals surface area contributed by atoms with Gasteiger partial charge in [-0.05, 0) is 24.3 Å². The van der Waals surface area contributed by atoms with Crippen molar-refractivity contribution in [3.8, 4) is 0 Å². The zero-order valence-electron chi connectivity index (χ0n) is 13.8. The van der Waals surface area contributed by atoms with Gasteiger partial charge in [0.2, 0.25) is 11.8 Å². The standard InChI is InChI=1S/C17H12F6N2O2/c1-8(26)25(12-5-3-10(19)15(21)17(12)23)7-6-13(27)24-11-4-2-9(18)14(20)16(11)22/h2-5H,6-7H2,1H3,(H,24,27). The molecule has 4 nitrogen and oxygen atoms in total. The maximum absolute atomic E-state index is 13.8. The molecule has 2 rings (SSSR count). The fourth-order valence-electron chi connectivity index (χ4n) is 2.22. The van der Waals surface area contributed by atoms with E-state index in [0.29, 0.717) is 17.0 Å². The molecule has 0 bridgehead atoms. The van der Waals surface area contributed by atoms with Crippen LogP contribution in [0.1, 0.15) is 13.3 Å². The topological polar surface area (TPSA) is 49.4 Å². The molecule has 144 valence electrons. The number of hydrogen-bond acceptors (Lipinski definition) is 2. The van der Waals surface area contributed by atoms with Crippen LogP contribution in [0.3, 0.4) is 0 Å². The molecule has 0 aliphatic carbocycles. The normalized spacial score (nSPS) is 10.6. The number of amides is 2. The van der Waals surface area contributed by atoms with E-state index < -0.39 is 71.1 Å². The van der Waals surface area contributed by atoms with E-state index in [1.807, 2.05) is 5.32 Å². The summed E-state index contributed by atoms with van der Waals surface area (Å²) in [6, 6.07) is 2.83. The Hall–Kier alpha value is -3.04. The summed E-state index contributed by atoms with van der Waals surface area (Å²) in [4.78, 5) is 24.2. The second-order valence-corrected chi connectivity index (χ2v) is 5.39. The van der Waals surface area contributed by atoms with Crippen molar-refractivity contribution >= 4 is 23.2 Å². The van der Waals surface area contributed by atoms with Crippen LogP contribution in [0.25, 0.3) is 0 Å². The van der Waals surface area contributed by atoms with Crippen LogP contribution in [0.5, 0.6) is 0 Å². The fraction of sp³-hybridized carbons (Fsp3) is 0.176. The van der Waals surface area contributed by atoms with E-state index in [9.17, 15) is 35.9 Å². The van der Waals surface area contributed by atoms with Crippen molar-refractivity contribution in [1.82, 2.24) is 0 Å². The summed E-state index contributed by atoms with van der Waals surface area (Å²) in [5.74, 6) is -11.4. The lowest BCUT2D eigenvalue weighted by Crippen LogP contribution is -2.33. The van der Waals surface area contributed by atoms with Gasteiger partial charge in [-0.25, -0.2) is 26.3 Å². The Balaban J connectivity index is 2.13. The van der Waals surface area contributed by atoms with E-state index in [-0.39, 0.29) is 0 Å². The third kappa shape index (κ3) is 4.39. The van der Waals surface area contributed by atoms with Crippen LogP contribution in [-0.4, -0.2) is 18.4 Å². The summed E-state index contributed by atoms with van der Waals surface area (Å²) in [7, 11) is 0. The van der Waals surface area contributed by atoms with Crippen molar-refractivity contribution in [2.75, 3.05) is 16.8 Å². The third-order valence-electron chi connectivity index (χ3n) is 3.56. The summed E-state index contributed by atoms with van der Waals surface area (Å²) >= 11 is 0. The van der Waals surface area contributed by atoms with Crippen molar-refractivity contribution in [2.24, 2.45) is 0 Å². The van der Waals surface area contributed by atoms with Gasteiger partial charge in [0.15, 0.2) is 34.9 Å². The first-order valence-corrected chi connectivity index (χ1v) is 7.48. The van der Waals surface area contributed by atoms with E-state index in [0.717, 1.165) is 19.1 Å². The van der Waals surface area contributed by atoms with Gasteiger partial charge < -0.3 is 10.2 Å². The number of hydrogen-bond donors (Lipinski definition) is 1. The molecule has 2 aromatic rings. The van der Waals surface area contributed by atoms with Crippen LogP contribution in [-0.2, 0) is 9.59 Å². The number of carbonyl (C=O) groups excluding carboxylic acids is 2. The van der Waals surface area contributed by atoms with Gasteiger partial charge in [0.05, 0.1) is 11.4 Å². The number of rotatable bonds is 5. The molecule has 10 heteroatoms. The second-order valence-electron chi connectivity index (χ2n) is 5.39. The lowest BCUT2D eigenvalue weighted by Gasteiger charge is -2.21. The number of nitrogens with one attached hydrogen (secondary N) is 1. The molecule has 0 aliphatic heterocycles. The van der Waals surface area contributed by atoms with Gasteiger partial charge in [-0.15, -0.1) is 0 Å². The lowest BCUT2D eigenvalue weighted by atomic mass is 10.2. The summed E-state index contributed by atoms with van der Waals surface area (Å²) in [5, 5.41) is 1.97. The smallest absolute Gasteiger partial charge is 0.226 e. The van der Waals surface area contributed by atoms with Crippen LogP contribution in [0, 0.1) is 34.9 Å². The molecule has 0 saturated heterocycles. The van der Waals surface area contributed by atoms with Gasteiger partial charge >= 0.3 is 0 Å². The molecule has 0 fully saturated rings. The van der Waals surface area contributed by atoms with Crippen molar-refractivity contribution in [3.63, 3.8) is 0 Å². The van der Waals surface area contributed by atoms with Crippen molar-refractivity contribution in [3.05, 3.63) is 59.2 Å². The zero-order chi connectivity index (χ0) is 20.3. The van der Waals surface area contributed by atoms with Crippen LogP contribution in [0.2, 0.25) is 0 Å². The largest absolute Gasteiger partial charge is 0.323 e. The predicted molar refractivity (Wildman–Crippen MR) is 83.9 cm³/mol. The Labute approximate surface area is 149 Å². The summed E-state index contributed by atoms with van der Waals surface area (Å²) < 4.78 is 79.7. The second kappa shape index (κ2) is 8.11. The average Bonchev–Trinajstić information content (AvgIpc) is 2.61. The number of benzene rings is 2. The van der Waals surface area contributed by atoms with E-state index in [1.54, 1.807) is 0 Å². The minimum Gasteiger partial charge on any atom is -0.323 e. The van der Waals surface area contributed by atoms with Crippen LogP contribution >= 0.6 is 0 Å². The van der Waals surface area contributed by atoms with Gasteiger partial charge in [-0.2, -0.15) is 0 Å². The first kappa shape index (κ1) is 20.3. The molecule has 0 heterocycles. The van der Waals surface area contributed by atoms with Gasteiger partial charge in [0.25, 0.3) is 0 Å². The minimum atomic E-state index is -1.79. The van der Waals surface area contributed by atoms with E-state index >= 15 is 0 Å². The highest BCUT2D eigenvalue weighted by molar-refractivity contribution is 5.95. The van der Waals surface area contributed by atoms with Crippen molar-refractivity contribution in [1.29, 1.82) is 0 Å². The monoisotopic (exact) mass is 390 g/mol. The minimum absolute atomic E-state index is 0.464. The Morgan fingerprint density at radius 2 is 1.41 bits per heavy atom. The van der Waals surface area contributed by atoms with Crippen LogP contribution in [0.15, 0.2) is 24.3 Å². The van der Waals surface area contributed by atoms with Gasteiger partial charge in [-0.3, -0.25) is 9.59 Å². The molecular weight excluding hydrogens is 378 g/mol. The number of anilines is 2. The Bertz CT molecular complexity index is 903. The first-order valence-electron chi connectivity index (χ1n) is 7.48. The molecule has 0 spiro atoms. The van der Waals surface area contributed by atoms with Gasteiger partial charge in [0, 0.05) is 19.9 Å². The van der Waals surface area contributed by atoms with E-state index in [2.05, 4.69) is 0 Å². The lowest BCUT2D eigenvalue weighted by molar-refractivity contribution is -0.117. The van der Waals surface area contributed by atoms with E-state index in [4.69, 9.17) is 0 Å². The van der Waals surface area contributed by atoms with Crippen LogP contribution in [0.4, 0.5) is 37.7 Å². The molecule has 1 N–H and O–H groups in total. The van der Waals surface area contributed by atoms with Crippen LogP contribution < -0.4 is 10.2 Å². The highest BCUT2D eigenvalue weighted by Gasteiger charge is 2.22. The highest BCUT2D eigenvalue weighted by Crippen LogP contribution is 2.24. The maximum Gasteiger partial charge on any atom is 0.226 e.